The third-order valence-electron chi connectivity index (χ3n) is 1.97. The van der Waals surface area contributed by atoms with Gasteiger partial charge in [-0.2, -0.15) is 5.10 Å². The number of hydrogen-bond acceptors (Lipinski definition) is 5. The topological polar surface area (TPSA) is 62.7 Å². The van der Waals surface area contributed by atoms with Crippen LogP contribution in [0, 0.1) is 0 Å². The van der Waals surface area contributed by atoms with E-state index in [0.717, 1.165) is 5.56 Å². The number of carbonyl (C=O) groups excluding carboxylic acids is 1. The summed E-state index contributed by atoms with van der Waals surface area (Å²) in [7, 11) is 0. The first kappa shape index (κ1) is 9.67. The molecule has 5 nitrogen and oxygen atoms in total. The van der Waals surface area contributed by atoms with Gasteiger partial charge in [-0.3, -0.25) is 0 Å². The second-order valence-corrected chi connectivity index (χ2v) is 3.09. The Kier molecular flexibility index (Phi) is 2.94. The normalized spacial score (nSPS) is 14.3. The quantitative estimate of drug-likeness (QED) is 0.692. The van der Waals surface area contributed by atoms with Gasteiger partial charge < -0.3 is 4.74 Å². The summed E-state index contributed by atoms with van der Waals surface area (Å²) in [6.45, 7) is 0.673. The number of ether oxygens (including phenoxy) is 1. The average molecular weight is 205 g/mol. The lowest BCUT2D eigenvalue weighted by atomic mass is 10.2. The van der Waals surface area contributed by atoms with Crippen LogP contribution in [0.5, 0.6) is 0 Å². The number of rotatable bonds is 3. The lowest BCUT2D eigenvalue weighted by molar-refractivity contribution is -0.136. The molecule has 0 saturated carbocycles. The van der Waals surface area contributed by atoms with Gasteiger partial charge in [-0.05, 0) is 5.56 Å². The third kappa shape index (κ3) is 2.54. The van der Waals surface area contributed by atoms with Crippen LogP contribution in [0.3, 0.4) is 0 Å². The van der Waals surface area contributed by atoms with Crippen LogP contribution in [0.4, 0.5) is 0 Å². The smallest absolute Gasteiger partial charge is 0.356 e. The van der Waals surface area contributed by atoms with Gasteiger partial charge in [0.1, 0.15) is 6.61 Å². The van der Waals surface area contributed by atoms with Gasteiger partial charge in [0.25, 0.3) is 0 Å². The van der Waals surface area contributed by atoms with Crippen molar-refractivity contribution in [2.24, 2.45) is 5.10 Å². The van der Waals surface area contributed by atoms with E-state index in [1.54, 1.807) is 0 Å². The van der Waals surface area contributed by atoms with Gasteiger partial charge in [-0.15, -0.1) is 0 Å². The van der Waals surface area contributed by atoms with Crippen molar-refractivity contribution >= 4 is 11.7 Å². The Morgan fingerprint density at radius 1 is 1.40 bits per heavy atom. The number of nitrogens with zero attached hydrogens (tertiary/aromatic N) is 1. The van der Waals surface area contributed by atoms with Gasteiger partial charge in [0.05, 0.1) is 6.54 Å². The Morgan fingerprint density at radius 2 is 2.20 bits per heavy atom. The first-order chi connectivity index (χ1) is 7.36. The van der Waals surface area contributed by atoms with Gasteiger partial charge in [0, 0.05) is 0 Å². The number of hydrazine groups is 1. The van der Waals surface area contributed by atoms with Crippen LogP contribution in [0.15, 0.2) is 35.4 Å². The van der Waals surface area contributed by atoms with Crippen LogP contribution in [-0.2, 0) is 16.1 Å². The molecule has 0 bridgehead atoms. The van der Waals surface area contributed by atoms with Crippen molar-refractivity contribution in [1.29, 1.82) is 0 Å². The summed E-state index contributed by atoms with van der Waals surface area (Å²) in [5.74, 6) is -0.392. The van der Waals surface area contributed by atoms with E-state index in [9.17, 15) is 4.79 Å². The standard InChI is InChI=1S/C10H11N3O2/c14-10(9-6-11-13-12-9)15-7-8-4-2-1-3-5-8/h1-5,11,13H,6-7H2. The zero-order valence-electron chi connectivity index (χ0n) is 8.06. The SMILES string of the molecule is O=C(OCc1ccccc1)C1=NNNC1. The molecule has 2 rings (SSSR count). The Labute approximate surface area is 87.1 Å². The molecule has 0 unspecified atom stereocenters. The molecule has 0 aliphatic carbocycles. The fraction of sp³-hybridized carbons (Fsp3) is 0.200. The molecule has 0 aromatic heterocycles. The molecule has 0 saturated heterocycles. The number of benzene rings is 1. The van der Waals surface area contributed by atoms with E-state index in [0.29, 0.717) is 12.3 Å². The van der Waals surface area contributed by atoms with E-state index in [4.69, 9.17) is 4.74 Å². The summed E-state index contributed by atoms with van der Waals surface area (Å²) in [6.07, 6.45) is 0. The molecule has 0 radical (unpaired) electrons. The van der Waals surface area contributed by atoms with Gasteiger partial charge in [0.15, 0.2) is 5.71 Å². The van der Waals surface area contributed by atoms with Crippen molar-refractivity contribution in [3.05, 3.63) is 35.9 Å². The van der Waals surface area contributed by atoms with Crippen LogP contribution in [0.2, 0.25) is 0 Å². The molecule has 2 N–H and O–H groups in total. The molecule has 1 aromatic carbocycles. The van der Waals surface area contributed by atoms with Crippen molar-refractivity contribution in [3.63, 3.8) is 0 Å². The van der Waals surface area contributed by atoms with Crippen LogP contribution in [-0.4, -0.2) is 18.2 Å². The lowest BCUT2D eigenvalue weighted by Crippen LogP contribution is -2.25. The molecule has 1 aliphatic rings. The predicted octanol–water partition coefficient (Wildman–Crippen LogP) is 0.194. The van der Waals surface area contributed by atoms with Crippen molar-refractivity contribution in [3.8, 4) is 0 Å². The van der Waals surface area contributed by atoms with Crippen LogP contribution >= 0.6 is 0 Å². The summed E-state index contributed by atoms with van der Waals surface area (Å²) in [5, 5.41) is 3.73. The minimum atomic E-state index is -0.392. The molecule has 78 valence electrons. The number of hydrogen-bond donors (Lipinski definition) is 2. The summed E-state index contributed by atoms with van der Waals surface area (Å²) in [5.41, 5.74) is 6.52. The monoisotopic (exact) mass is 205 g/mol. The van der Waals surface area contributed by atoms with Gasteiger partial charge in [-0.25, -0.2) is 15.8 Å². The van der Waals surface area contributed by atoms with Crippen molar-refractivity contribution < 1.29 is 9.53 Å². The number of nitrogens with one attached hydrogen (secondary N) is 2. The highest BCUT2D eigenvalue weighted by atomic mass is 16.5. The van der Waals surface area contributed by atoms with Gasteiger partial charge >= 0.3 is 5.97 Å². The Balaban J connectivity index is 1.86. The van der Waals surface area contributed by atoms with Crippen LogP contribution < -0.4 is 11.0 Å². The Morgan fingerprint density at radius 3 is 2.87 bits per heavy atom. The zero-order valence-corrected chi connectivity index (χ0v) is 8.06. The molecular weight excluding hydrogens is 194 g/mol. The second-order valence-electron chi connectivity index (χ2n) is 3.09. The van der Waals surface area contributed by atoms with Crippen molar-refractivity contribution in [2.75, 3.05) is 6.54 Å². The predicted molar refractivity (Wildman–Crippen MR) is 54.8 cm³/mol. The van der Waals surface area contributed by atoms with Gasteiger partial charge in [-0.1, -0.05) is 30.3 Å². The first-order valence-corrected chi connectivity index (χ1v) is 4.62. The first-order valence-electron chi connectivity index (χ1n) is 4.62. The fourth-order valence-corrected chi connectivity index (χ4v) is 1.19. The van der Waals surface area contributed by atoms with Crippen LogP contribution in [0.1, 0.15) is 5.56 Å². The third-order valence-corrected chi connectivity index (χ3v) is 1.97. The number of esters is 1. The maximum Gasteiger partial charge on any atom is 0.356 e. The lowest BCUT2D eigenvalue weighted by Gasteiger charge is -2.03. The highest BCUT2D eigenvalue weighted by Crippen LogP contribution is 2.01. The summed E-state index contributed by atoms with van der Waals surface area (Å²) >= 11 is 0. The van der Waals surface area contributed by atoms with E-state index in [-0.39, 0.29) is 6.61 Å². The molecule has 0 amide bonds. The molecular formula is C10H11N3O2. The minimum Gasteiger partial charge on any atom is -0.456 e. The average Bonchev–Trinajstić information content (AvgIpc) is 2.81. The summed E-state index contributed by atoms with van der Waals surface area (Å²) in [4.78, 5) is 11.4. The van der Waals surface area contributed by atoms with E-state index in [1.807, 2.05) is 30.3 Å². The number of carbonyl (C=O) groups is 1. The Hall–Kier alpha value is -1.88. The summed E-state index contributed by atoms with van der Waals surface area (Å²) < 4.78 is 5.06. The van der Waals surface area contributed by atoms with Gasteiger partial charge in [0.2, 0.25) is 0 Å². The van der Waals surface area contributed by atoms with Crippen LogP contribution in [0.25, 0.3) is 0 Å². The molecule has 0 spiro atoms. The molecule has 0 fully saturated rings. The highest BCUT2D eigenvalue weighted by Gasteiger charge is 2.16. The second kappa shape index (κ2) is 4.56. The van der Waals surface area contributed by atoms with E-state index >= 15 is 0 Å². The molecule has 15 heavy (non-hydrogen) atoms. The van der Waals surface area contributed by atoms with E-state index in [2.05, 4.69) is 16.1 Å². The molecule has 1 aliphatic heterocycles. The Bertz CT molecular complexity index is 376. The maximum absolute atomic E-state index is 11.4. The molecule has 1 heterocycles. The fourth-order valence-electron chi connectivity index (χ4n) is 1.19. The molecule has 1 aromatic rings. The van der Waals surface area contributed by atoms with Crippen molar-refractivity contribution in [2.45, 2.75) is 6.61 Å². The minimum absolute atomic E-state index is 0.276. The molecule has 0 atom stereocenters. The van der Waals surface area contributed by atoms with Crippen molar-refractivity contribution in [1.82, 2.24) is 11.0 Å². The largest absolute Gasteiger partial charge is 0.456 e. The summed E-state index contributed by atoms with van der Waals surface area (Å²) in [6, 6.07) is 9.53. The number of hydrazone groups is 1. The van der Waals surface area contributed by atoms with E-state index < -0.39 is 5.97 Å². The zero-order chi connectivity index (χ0) is 10.5. The van der Waals surface area contributed by atoms with E-state index in [1.165, 1.54) is 0 Å². The molecule has 5 heteroatoms. The maximum atomic E-state index is 11.4. The highest BCUT2D eigenvalue weighted by molar-refractivity contribution is 6.37.